The fourth-order valence-electron chi connectivity index (χ4n) is 1.63. The maximum absolute atomic E-state index is 6.05. The lowest BCUT2D eigenvalue weighted by atomic mass is 10.1. The third-order valence-corrected chi connectivity index (χ3v) is 4.13. The summed E-state index contributed by atoms with van der Waals surface area (Å²) < 4.78 is 0. The normalized spacial score (nSPS) is 21.1. The molecule has 1 heterocycles. The van der Waals surface area contributed by atoms with Crippen LogP contribution in [0.25, 0.3) is 0 Å². The summed E-state index contributed by atoms with van der Waals surface area (Å²) in [5.41, 5.74) is 2.34. The van der Waals surface area contributed by atoms with Crippen LogP contribution < -0.4 is 5.32 Å². The predicted octanol–water partition coefficient (Wildman–Crippen LogP) is 3.57. The molecule has 76 valence electrons. The molecule has 0 unspecified atom stereocenters. The fourth-order valence-corrected chi connectivity index (χ4v) is 2.96. The van der Waals surface area contributed by atoms with Gasteiger partial charge in [-0.05, 0) is 36.8 Å². The standard InChI is InChI=1S/C11H14ClNS/c1-8-10(12)3-2-4-11(8)13-9-5-6-14-7-9/h2-4,9,13H,5-7H2,1H3/t9-/m0/s1. The Hall–Kier alpha value is -0.340. The monoisotopic (exact) mass is 227 g/mol. The van der Waals surface area contributed by atoms with E-state index in [-0.39, 0.29) is 0 Å². The Morgan fingerprint density at radius 1 is 1.50 bits per heavy atom. The zero-order valence-electron chi connectivity index (χ0n) is 8.22. The van der Waals surface area contributed by atoms with Crippen molar-refractivity contribution >= 4 is 29.1 Å². The quantitative estimate of drug-likeness (QED) is 0.829. The predicted molar refractivity (Wildman–Crippen MR) is 65.5 cm³/mol. The summed E-state index contributed by atoms with van der Waals surface area (Å²) in [7, 11) is 0. The van der Waals surface area contributed by atoms with Gasteiger partial charge in [0.2, 0.25) is 0 Å². The van der Waals surface area contributed by atoms with Gasteiger partial charge < -0.3 is 5.32 Å². The number of rotatable bonds is 2. The van der Waals surface area contributed by atoms with Gasteiger partial charge >= 0.3 is 0 Å². The summed E-state index contributed by atoms with van der Waals surface area (Å²) in [5, 5.41) is 4.39. The third-order valence-electron chi connectivity index (χ3n) is 2.56. The Balaban J connectivity index is 2.11. The average Bonchev–Trinajstić information content (AvgIpc) is 2.66. The van der Waals surface area contributed by atoms with E-state index in [0.29, 0.717) is 6.04 Å². The number of hydrogen-bond acceptors (Lipinski definition) is 2. The zero-order chi connectivity index (χ0) is 9.97. The second-order valence-electron chi connectivity index (χ2n) is 3.62. The van der Waals surface area contributed by atoms with Crippen LogP contribution in [0.3, 0.4) is 0 Å². The number of benzene rings is 1. The fraction of sp³-hybridized carbons (Fsp3) is 0.455. The van der Waals surface area contributed by atoms with Crippen molar-refractivity contribution in [2.45, 2.75) is 19.4 Å². The largest absolute Gasteiger partial charge is 0.381 e. The van der Waals surface area contributed by atoms with Crippen molar-refractivity contribution in [2.75, 3.05) is 16.8 Å². The van der Waals surface area contributed by atoms with Gasteiger partial charge in [0.25, 0.3) is 0 Å². The van der Waals surface area contributed by atoms with E-state index < -0.39 is 0 Å². The number of hydrogen-bond donors (Lipinski definition) is 1. The van der Waals surface area contributed by atoms with E-state index in [1.807, 2.05) is 23.9 Å². The summed E-state index contributed by atoms with van der Waals surface area (Å²) >= 11 is 8.07. The first-order chi connectivity index (χ1) is 6.77. The van der Waals surface area contributed by atoms with Crippen LogP contribution in [0.5, 0.6) is 0 Å². The van der Waals surface area contributed by atoms with Crippen LogP contribution in [0.4, 0.5) is 5.69 Å². The second kappa shape index (κ2) is 4.45. The van der Waals surface area contributed by atoms with E-state index in [1.165, 1.54) is 23.6 Å². The van der Waals surface area contributed by atoms with E-state index in [9.17, 15) is 0 Å². The molecule has 14 heavy (non-hydrogen) atoms. The van der Waals surface area contributed by atoms with E-state index in [0.717, 1.165) is 10.6 Å². The first-order valence-electron chi connectivity index (χ1n) is 4.87. The average molecular weight is 228 g/mol. The topological polar surface area (TPSA) is 12.0 Å². The minimum Gasteiger partial charge on any atom is -0.381 e. The molecule has 1 aliphatic rings. The summed E-state index contributed by atoms with van der Waals surface area (Å²) in [6.45, 7) is 2.06. The number of anilines is 1. The summed E-state index contributed by atoms with van der Waals surface area (Å²) in [6.07, 6.45) is 1.26. The Bertz CT molecular complexity index is 321. The van der Waals surface area contributed by atoms with Crippen LogP contribution in [-0.4, -0.2) is 17.5 Å². The molecule has 0 saturated carbocycles. The van der Waals surface area contributed by atoms with E-state index in [2.05, 4.69) is 18.3 Å². The Labute approximate surface area is 94.2 Å². The maximum atomic E-state index is 6.05. The molecular formula is C11H14ClNS. The summed E-state index contributed by atoms with van der Waals surface area (Å²) in [4.78, 5) is 0. The molecule has 1 nitrogen and oxygen atoms in total. The van der Waals surface area contributed by atoms with Gasteiger partial charge in [-0.2, -0.15) is 11.8 Å². The molecule has 0 bridgehead atoms. The van der Waals surface area contributed by atoms with Crippen LogP contribution in [0.15, 0.2) is 18.2 Å². The molecule has 1 N–H and O–H groups in total. The van der Waals surface area contributed by atoms with Gasteiger partial charge in [0.05, 0.1) is 0 Å². The van der Waals surface area contributed by atoms with Crippen LogP contribution in [0, 0.1) is 6.92 Å². The zero-order valence-corrected chi connectivity index (χ0v) is 9.79. The first-order valence-corrected chi connectivity index (χ1v) is 6.40. The Morgan fingerprint density at radius 3 is 3.07 bits per heavy atom. The van der Waals surface area contributed by atoms with Crippen LogP contribution in [0.1, 0.15) is 12.0 Å². The molecule has 0 amide bonds. The molecule has 0 spiro atoms. The summed E-state index contributed by atoms with van der Waals surface area (Å²) in [5.74, 6) is 2.49. The molecule has 0 radical (unpaired) electrons. The highest BCUT2D eigenvalue weighted by Gasteiger charge is 2.15. The third kappa shape index (κ3) is 2.18. The molecule has 2 rings (SSSR count). The van der Waals surface area contributed by atoms with Crippen molar-refractivity contribution in [3.8, 4) is 0 Å². The highest BCUT2D eigenvalue weighted by Crippen LogP contribution is 2.26. The van der Waals surface area contributed by atoms with Gasteiger partial charge in [0.15, 0.2) is 0 Å². The van der Waals surface area contributed by atoms with Crippen molar-refractivity contribution in [1.82, 2.24) is 0 Å². The summed E-state index contributed by atoms with van der Waals surface area (Å²) in [6, 6.07) is 6.66. The van der Waals surface area contributed by atoms with Crippen molar-refractivity contribution in [3.63, 3.8) is 0 Å². The minimum absolute atomic E-state index is 0.622. The molecule has 3 heteroatoms. The lowest BCUT2D eigenvalue weighted by molar-refractivity contribution is 0.812. The highest BCUT2D eigenvalue weighted by atomic mass is 35.5. The molecular weight excluding hydrogens is 214 g/mol. The minimum atomic E-state index is 0.622. The molecule has 1 atom stereocenters. The van der Waals surface area contributed by atoms with Gasteiger partial charge in [0, 0.05) is 22.5 Å². The van der Waals surface area contributed by atoms with E-state index >= 15 is 0 Å². The smallest absolute Gasteiger partial charge is 0.0455 e. The van der Waals surface area contributed by atoms with Gasteiger partial charge in [0.1, 0.15) is 0 Å². The van der Waals surface area contributed by atoms with Gasteiger partial charge in [-0.3, -0.25) is 0 Å². The number of nitrogens with one attached hydrogen (secondary N) is 1. The number of halogens is 1. The van der Waals surface area contributed by atoms with Crippen molar-refractivity contribution < 1.29 is 0 Å². The molecule has 0 aliphatic carbocycles. The van der Waals surface area contributed by atoms with E-state index in [1.54, 1.807) is 0 Å². The molecule has 1 fully saturated rings. The molecule has 0 aromatic heterocycles. The number of thioether (sulfide) groups is 1. The Kier molecular flexibility index (Phi) is 3.24. The van der Waals surface area contributed by atoms with Crippen LogP contribution in [-0.2, 0) is 0 Å². The lowest BCUT2D eigenvalue weighted by Crippen LogP contribution is -2.18. The van der Waals surface area contributed by atoms with Crippen LogP contribution in [0.2, 0.25) is 5.02 Å². The van der Waals surface area contributed by atoms with Gasteiger partial charge in [-0.15, -0.1) is 0 Å². The maximum Gasteiger partial charge on any atom is 0.0455 e. The van der Waals surface area contributed by atoms with Crippen molar-refractivity contribution in [2.24, 2.45) is 0 Å². The van der Waals surface area contributed by atoms with Gasteiger partial charge in [-0.1, -0.05) is 17.7 Å². The molecule has 1 aromatic rings. The van der Waals surface area contributed by atoms with Crippen molar-refractivity contribution in [3.05, 3.63) is 28.8 Å². The SMILES string of the molecule is Cc1c(Cl)cccc1N[C@H]1CCSC1. The Morgan fingerprint density at radius 2 is 2.36 bits per heavy atom. The molecule has 1 aliphatic heterocycles. The van der Waals surface area contributed by atoms with Gasteiger partial charge in [-0.25, -0.2) is 0 Å². The second-order valence-corrected chi connectivity index (χ2v) is 5.17. The molecule has 1 saturated heterocycles. The highest BCUT2D eigenvalue weighted by molar-refractivity contribution is 7.99. The van der Waals surface area contributed by atoms with Crippen molar-refractivity contribution in [1.29, 1.82) is 0 Å². The van der Waals surface area contributed by atoms with Crippen LogP contribution >= 0.6 is 23.4 Å². The lowest BCUT2D eigenvalue weighted by Gasteiger charge is -2.15. The molecule has 1 aromatic carbocycles. The first kappa shape index (κ1) is 10.2. The van der Waals surface area contributed by atoms with E-state index in [4.69, 9.17) is 11.6 Å².